The second kappa shape index (κ2) is 10.6. The van der Waals surface area contributed by atoms with Crippen molar-refractivity contribution in [3.05, 3.63) is 76.9 Å². The fourth-order valence-corrected chi connectivity index (χ4v) is 4.59. The molecule has 1 aliphatic heterocycles. The monoisotopic (exact) mass is 479 g/mol. The standard InChI is InChI=1S/C26H26FN3O3S/c1-29-13-15-30(16-14-29)26(32)19-5-10-23(33-2)22(17-19)28-25(31)12-9-21-8-11-24(34-21)18-3-6-20(27)7-4-18/h3-12,17H,13-16H2,1-2H3,(H,28,31)/b12-9+. The summed E-state index contributed by atoms with van der Waals surface area (Å²) in [4.78, 5) is 31.4. The van der Waals surface area contributed by atoms with Gasteiger partial charge in [-0.3, -0.25) is 9.59 Å². The summed E-state index contributed by atoms with van der Waals surface area (Å²) >= 11 is 1.50. The van der Waals surface area contributed by atoms with Crippen LogP contribution in [0, 0.1) is 5.82 Å². The number of carbonyl (C=O) groups excluding carboxylic acids is 2. The number of halogens is 1. The third-order valence-corrected chi connectivity index (χ3v) is 6.75. The number of nitrogens with zero attached hydrogens (tertiary/aromatic N) is 2. The summed E-state index contributed by atoms with van der Waals surface area (Å²) in [7, 11) is 3.56. The maximum atomic E-state index is 13.1. The van der Waals surface area contributed by atoms with Crippen LogP contribution < -0.4 is 10.1 Å². The zero-order chi connectivity index (χ0) is 24.1. The minimum Gasteiger partial charge on any atom is -0.495 e. The first kappa shape index (κ1) is 23.7. The van der Waals surface area contributed by atoms with Gasteiger partial charge in [-0.05, 0) is 61.2 Å². The fourth-order valence-electron chi connectivity index (χ4n) is 3.67. The molecule has 176 valence electrons. The van der Waals surface area contributed by atoms with Crippen molar-refractivity contribution in [1.82, 2.24) is 9.80 Å². The number of likely N-dealkylation sites (N-methyl/N-ethyl adjacent to an activating group) is 1. The third-order valence-electron chi connectivity index (χ3n) is 5.65. The van der Waals surface area contributed by atoms with E-state index in [0.29, 0.717) is 30.1 Å². The average molecular weight is 480 g/mol. The number of thiophene rings is 1. The highest BCUT2D eigenvalue weighted by Crippen LogP contribution is 2.29. The molecule has 4 rings (SSSR count). The zero-order valence-corrected chi connectivity index (χ0v) is 19.9. The molecule has 0 spiro atoms. The summed E-state index contributed by atoms with van der Waals surface area (Å²) in [5.41, 5.74) is 1.87. The molecule has 34 heavy (non-hydrogen) atoms. The Hall–Kier alpha value is -3.49. The van der Waals surface area contributed by atoms with Gasteiger partial charge in [0.05, 0.1) is 12.8 Å². The molecular formula is C26H26FN3O3S. The van der Waals surface area contributed by atoms with E-state index in [1.54, 1.807) is 36.4 Å². The van der Waals surface area contributed by atoms with Crippen molar-refractivity contribution in [2.75, 3.05) is 45.7 Å². The van der Waals surface area contributed by atoms with Crippen LogP contribution in [0.1, 0.15) is 15.2 Å². The number of benzene rings is 2. The Labute approximate surface area is 202 Å². The summed E-state index contributed by atoms with van der Waals surface area (Å²) in [5, 5.41) is 2.81. The van der Waals surface area contributed by atoms with Gasteiger partial charge in [-0.1, -0.05) is 12.1 Å². The highest BCUT2D eigenvalue weighted by molar-refractivity contribution is 7.16. The van der Waals surface area contributed by atoms with Crippen LogP contribution in [-0.2, 0) is 4.79 Å². The number of hydrogen-bond acceptors (Lipinski definition) is 5. The van der Waals surface area contributed by atoms with Gasteiger partial charge in [-0.25, -0.2) is 4.39 Å². The topological polar surface area (TPSA) is 61.9 Å². The number of anilines is 1. The van der Waals surface area contributed by atoms with Crippen LogP contribution in [0.15, 0.2) is 60.7 Å². The predicted molar refractivity (Wildman–Crippen MR) is 134 cm³/mol. The van der Waals surface area contributed by atoms with Crippen LogP contribution in [-0.4, -0.2) is 62.0 Å². The molecule has 1 aromatic heterocycles. The maximum Gasteiger partial charge on any atom is 0.254 e. The molecule has 2 amide bonds. The quantitative estimate of drug-likeness (QED) is 0.525. The minimum absolute atomic E-state index is 0.0614. The first-order valence-corrected chi connectivity index (χ1v) is 11.8. The lowest BCUT2D eigenvalue weighted by atomic mass is 10.1. The molecule has 0 radical (unpaired) electrons. The van der Waals surface area contributed by atoms with E-state index in [2.05, 4.69) is 10.2 Å². The highest BCUT2D eigenvalue weighted by Gasteiger charge is 2.21. The van der Waals surface area contributed by atoms with Crippen LogP contribution in [0.3, 0.4) is 0 Å². The van der Waals surface area contributed by atoms with E-state index in [9.17, 15) is 14.0 Å². The highest BCUT2D eigenvalue weighted by atomic mass is 32.1. The van der Waals surface area contributed by atoms with Crippen LogP contribution >= 0.6 is 11.3 Å². The van der Waals surface area contributed by atoms with Crippen molar-refractivity contribution in [1.29, 1.82) is 0 Å². The summed E-state index contributed by atoms with van der Waals surface area (Å²) in [6, 6.07) is 15.2. The second-order valence-corrected chi connectivity index (χ2v) is 9.16. The van der Waals surface area contributed by atoms with E-state index >= 15 is 0 Å². The largest absolute Gasteiger partial charge is 0.495 e. The molecule has 0 unspecified atom stereocenters. The van der Waals surface area contributed by atoms with Gasteiger partial charge in [-0.2, -0.15) is 0 Å². The third kappa shape index (κ3) is 5.70. The van der Waals surface area contributed by atoms with Gasteiger partial charge in [0.2, 0.25) is 5.91 Å². The average Bonchev–Trinajstić information content (AvgIpc) is 3.32. The second-order valence-electron chi connectivity index (χ2n) is 8.04. The van der Waals surface area contributed by atoms with Crippen LogP contribution in [0.4, 0.5) is 10.1 Å². The molecule has 1 aliphatic rings. The number of ether oxygens (including phenoxy) is 1. The number of hydrogen-bond donors (Lipinski definition) is 1. The molecule has 0 atom stereocenters. The molecule has 0 saturated carbocycles. The Morgan fingerprint density at radius 2 is 1.76 bits per heavy atom. The Kier molecular flexibility index (Phi) is 7.40. The van der Waals surface area contributed by atoms with Crippen LogP contribution in [0.5, 0.6) is 5.75 Å². The Morgan fingerprint density at radius 3 is 2.47 bits per heavy atom. The molecule has 2 heterocycles. The Balaban J connectivity index is 1.44. The van der Waals surface area contributed by atoms with Crippen molar-refractivity contribution in [3.8, 4) is 16.2 Å². The number of amides is 2. The maximum absolute atomic E-state index is 13.1. The summed E-state index contributed by atoms with van der Waals surface area (Å²) < 4.78 is 18.5. The predicted octanol–water partition coefficient (Wildman–Crippen LogP) is 4.60. The molecule has 1 saturated heterocycles. The van der Waals surface area contributed by atoms with E-state index in [1.165, 1.54) is 36.7 Å². The van der Waals surface area contributed by atoms with Crippen molar-refractivity contribution in [3.63, 3.8) is 0 Å². The number of carbonyl (C=O) groups is 2. The molecule has 2 aromatic carbocycles. The Bertz CT molecular complexity index is 1200. The number of piperazine rings is 1. The lowest BCUT2D eigenvalue weighted by molar-refractivity contribution is -0.111. The van der Waals surface area contributed by atoms with E-state index in [4.69, 9.17) is 4.74 Å². The Morgan fingerprint density at radius 1 is 1.03 bits per heavy atom. The van der Waals surface area contributed by atoms with Crippen molar-refractivity contribution in [2.24, 2.45) is 0 Å². The van der Waals surface area contributed by atoms with E-state index in [-0.39, 0.29) is 17.6 Å². The van der Waals surface area contributed by atoms with Gasteiger partial charge < -0.3 is 19.9 Å². The normalized spacial score (nSPS) is 14.4. The van der Waals surface area contributed by atoms with E-state index in [0.717, 1.165) is 28.4 Å². The lowest BCUT2D eigenvalue weighted by Gasteiger charge is -2.32. The molecule has 1 fully saturated rings. The fraction of sp³-hybridized carbons (Fsp3) is 0.231. The van der Waals surface area contributed by atoms with Gasteiger partial charge in [0, 0.05) is 47.6 Å². The SMILES string of the molecule is COc1ccc(C(=O)N2CCN(C)CC2)cc1NC(=O)/C=C/c1ccc(-c2ccc(F)cc2)s1. The van der Waals surface area contributed by atoms with E-state index in [1.807, 2.05) is 24.1 Å². The van der Waals surface area contributed by atoms with Crippen molar-refractivity contribution < 1.29 is 18.7 Å². The molecule has 0 aliphatic carbocycles. The van der Waals surface area contributed by atoms with Gasteiger partial charge in [0.25, 0.3) is 5.91 Å². The number of nitrogens with one attached hydrogen (secondary N) is 1. The number of rotatable bonds is 6. The van der Waals surface area contributed by atoms with Gasteiger partial charge in [0.1, 0.15) is 11.6 Å². The summed E-state index contributed by atoms with van der Waals surface area (Å²) in [6.45, 7) is 3.02. The molecule has 3 aromatic rings. The lowest BCUT2D eigenvalue weighted by Crippen LogP contribution is -2.47. The molecular weight excluding hydrogens is 453 g/mol. The zero-order valence-electron chi connectivity index (χ0n) is 19.1. The smallest absolute Gasteiger partial charge is 0.254 e. The molecule has 0 bridgehead atoms. The van der Waals surface area contributed by atoms with Crippen LogP contribution in [0.25, 0.3) is 16.5 Å². The van der Waals surface area contributed by atoms with Crippen molar-refractivity contribution >= 4 is 34.9 Å². The van der Waals surface area contributed by atoms with E-state index < -0.39 is 0 Å². The summed E-state index contributed by atoms with van der Waals surface area (Å²) in [6.07, 6.45) is 3.16. The van der Waals surface area contributed by atoms with Crippen molar-refractivity contribution in [2.45, 2.75) is 0 Å². The molecule has 6 nitrogen and oxygen atoms in total. The van der Waals surface area contributed by atoms with Gasteiger partial charge in [-0.15, -0.1) is 11.3 Å². The molecule has 8 heteroatoms. The molecule has 1 N–H and O–H groups in total. The first-order chi connectivity index (χ1) is 16.4. The first-order valence-electron chi connectivity index (χ1n) is 10.9. The van der Waals surface area contributed by atoms with Gasteiger partial charge in [0.15, 0.2) is 0 Å². The summed E-state index contributed by atoms with van der Waals surface area (Å²) in [5.74, 6) is -0.193. The van der Waals surface area contributed by atoms with Crippen LogP contribution in [0.2, 0.25) is 0 Å². The minimum atomic E-state index is -0.334. The number of methoxy groups -OCH3 is 1. The van der Waals surface area contributed by atoms with Gasteiger partial charge >= 0.3 is 0 Å².